The number of thioether (sulfide) groups is 1. The first kappa shape index (κ1) is 21.2. The van der Waals surface area contributed by atoms with Gasteiger partial charge in [0, 0.05) is 16.3 Å². The summed E-state index contributed by atoms with van der Waals surface area (Å²) in [5, 5.41) is 3.28. The van der Waals surface area contributed by atoms with Gasteiger partial charge in [-0.2, -0.15) is 0 Å². The van der Waals surface area contributed by atoms with Crippen molar-refractivity contribution in [3.8, 4) is 0 Å². The Kier molecular flexibility index (Phi) is 6.81. The van der Waals surface area contributed by atoms with Gasteiger partial charge < -0.3 is 20.7 Å². The molecule has 0 bridgehead atoms. The van der Waals surface area contributed by atoms with E-state index in [1.807, 2.05) is 30.5 Å². The Hall–Kier alpha value is -2.52. The molecule has 0 radical (unpaired) electrons. The average molecular weight is 434 g/mol. The van der Waals surface area contributed by atoms with Crippen LogP contribution in [0.4, 0.5) is 9.80 Å². The maximum Gasteiger partial charge on any atom is 0.410 e. The summed E-state index contributed by atoms with van der Waals surface area (Å²) in [4.78, 5) is 40.2. The van der Waals surface area contributed by atoms with Gasteiger partial charge in [-0.25, -0.2) is 4.79 Å². The quantitative estimate of drug-likeness (QED) is 0.681. The molecular weight excluding hydrogens is 410 g/mol. The monoisotopic (exact) mass is 433 g/mol. The van der Waals surface area contributed by atoms with E-state index in [1.54, 1.807) is 23.6 Å². The number of ether oxygens (including phenoxy) is 1. The summed E-state index contributed by atoms with van der Waals surface area (Å²) in [5.41, 5.74) is 7.63. The minimum Gasteiger partial charge on any atom is -0.450 e. The van der Waals surface area contributed by atoms with E-state index in [0.717, 1.165) is 20.9 Å². The number of benzene rings is 1. The number of nitrogens with zero attached hydrogens (tertiary/aromatic N) is 1. The molecular formula is C20H23N3O4S2. The Morgan fingerprint density at radius 1 is 1.28 bits per heavy atom. The summed E-state index contributed by atoms with van der Waals surface area (Å²) in [6.07, 6.45) is 2.31. The third-order valence-electron chi connectivity index (χ3n) is 4.61. The van der Waals surface area contributed by atoms with Crippen LogP contribution in [0.2, 0.25) is 0 Å². The van der Waals surface area contributed by atoms with E-state index in [2.05, 4.69) is 5.32 Å². The lowest BCUT2D eigenvalue weighted by atomic mass is 10.0. The van der Waals surface area contributed by atoms with Gasteiger partial charge in [0.05, 0.1) is 25.1 Å². The van der Waals surface area contributed by atoms with Crippen molar-refractivity contribution in [1.82, 2.24) is 4.90 Å². The fourth-order valence-electron chi connectivity index (χ4n) is 3.22. The zero-order valence-electron chi connectivity index (χ0n) is 16.3. The number of primary amides is 1. The molecule has 154 valence electrons. The predicted octanol–water partition coefficient (Wildman–Crippen LogP) is 3.26. The molecule has 0 saturated carbocycles. The van der Waals surface area contributed by atoms with Crippen LogP contribution in [0, 0.1) is 0 Å². The van der Waals surface area contributed by atoms with Crippen molar-refractivity contribution in [3.05, 3.63) is 45.8 Å². The second kappa shape index (κ2) is 9.32. The molecule has 1 aliphatic rings. The molecule has 0 atom stereocenters. The second-order valence-electron chi connectivity index (χ2n) is 6.52. The van der Waals surface area contributed by atoms with Gasteiger partial charge >= 0.3 is 6.09 Å². The Balaban J connectivity index is 1.76. The summed E-state index contributed by atoms with van der Waals surface area (Å²) in [7, 11) is 0. The van der Waals surface area contributed by atoms with Crippen LogP contribution in [-0.2, 0) is 28.9 Å². The van der Waals surface area contributed by atoms with Gasteiger partial charge in [0.15, 0.2) is 0 Å². The smallest absolute Gasteiger partial charge is 0.410 e. The lowest BCUT2D eigenvalue weighted by molar-refractivity contribution is -0.115. The SMILES string of the molecule is CCOC(=O)N1CCc2c(sc(NC(=O)Cc3ccc(SC)cc3)c2C(N)=O)C1. The number of carbonyl (C=O) groups excluding carboxylic acids is 3. The molecule has 0 spiro atoms. The number of nitrogens with one attached hydrogen (secondary N) is 1. The van der Waals surface area contributed by atoms with E-state index in [0.29, 0.717) is 36.7 Å². The Morgan fingerprint density at radius 2 is 2.00 bits per heavy atom. The molecule has 0 aliphatic carbocycles. The maximum atomic E-state index is 12.5. The van der Waals surface area contributed by atoms with Gasteiger partial charge in [-0.15, -0.1) is 23.1 Å². The van der Waals surface area contributed by atoms with Gasteiger partial charge in [0.25, 0.3) is 5.91 Å². The topological polar surface area (TPSA) is 102 Å². The second-order valence-corrected chi connectivity index (χ2v) is 8.50. The Bertz CT molecular complexity index is 925. The summed E-state index contributed by atoms with van der Waals surface area (Å²) in [6, 6.07) is 7.76. The molecule has 9 heteroatoms. The van der Waals surface area contributed by atoms with E-state index < -0.39 is 5.91 Å². The van der Waals surface area contributed by atoms with Crippen molar-refractivity contribution in [2.24, 2.45) is 5.73 Å². The van der Waals surface area contributed by atoms with Crippen molar-refractivity contribution < 1.29 is 19.1 Å². The Morgan fingerprint density at radius 3 is 2.62 bits per heavy atom. The van der Waals surface area contributed by atoms with Crippen LogP contribution in [0.1, 0.15) is 33.3 Å². The molecule has 3 N–H and O–H groups in total. The molecule has 2 heterocycles. The number of hydrogen-bond donors (Lipinski definition) is 2. The van der Waals surface area contributed by atoms with Crippen molar-refractivity contribution in [2.45, 2.75) is 31.2 Å². The molecule has 3 amide bonds. The number of anilines is 1. The number of amides is 3. The number of fused-ring (bicyclic) bond motifs is 1. The van der Waals surface area contributed by atoms with Crippen LogP contribution < -0.4 is 11.1 Å². The van der Waals surface area contributed by atoms with Gasteiger partial charge in [-0.3, -0.25) is 9.59 Å². The van der Waals surface area contributed by atoms with E-state index in [1.165, 1.54) is 11.3 Å². The lowest BCUT2D eigenvalue weighted by Crippen LogP contribution is -2.36. The summed E-state index contributed by atoms with van der Waals surface area (Å²) >= 11 is 2.93. The fourth-order valence-corrected chi connectivity index (χ4v) is 4.92. The lowest BCUT2D eigenvalue weighted by Gasteiger charge is -2.26. The van der Waals surface area contributed by atoms with Crippen LogP contribution in [0.3, 0.4) is 0 Å². The highest BCUT2D eigenvalue weighted by molar-refractivity contribution is 7.98. The van der Waals surface area contributed by atoms with Crippen molar-refractivity contribution >= 4 is 46.0 Å². The number of carbonyl (C=O) groups is 3. The number of hydrogen-bond acceptors (Lipinski definition) is 6. The highest BCUT2D eigenvalue weighted by atomic mass is 32.2. The first-order valence-corrected chi connectivity index (χ1v) is 11.3. The molecule has 1 aromatic heterocycles. The largest absolute Gasteiger partial charge is 0.450 e. The van der Waals surface area contributed by atoms with Gasteiger partial charge in [0.2, 0.25) is 5.91 Å². The minimum absolute atomic E-state index is 0.199. The number of nitrogens with two attached hydrogens (primary N) is 1. The number of thiophene rings is 1. The van der Waals surface area contributed by atoms with E-state index in [4.69, 9.17) is 10.5 Å². The zero-order valence-corrected chi connectivity index (χ0v) is 18.0. The summed E-state index contributed by atoms with van der Waals surface area (Å²) < 4.78 is 5.06. The van der Waals surface area contributed by atoms with Gasteiger partial charge in [-0.05, 0) is 42.9 Å². The molecule has 0 fully saturated rings. The maximum absolute atomic E-state index is 12.5. The van der Waals surface area contributed by atoms with E-state index in [-0.39, 0.29) is 18.4 Å². The van der Waals surface area contributed by atoms with Gasteiger partial charge in [-0.1, -0.05) is 12.1 Å². The molecule has 0 unspecified atom stereocenters. The van der Waals surface area contributed by atoms with Crippen molar-refractivity contribution in [3.63, 3.8) is 0 Å². The van der Waals surface area contributed by atoms with Crippen LogP contribution >= 0.6 is 23.1 Å². The minimum atomic E-state index is -0.577. The normalized spacial score (nSPS) is 13.0. The first-order chi connectivity index (χ1) is 13.9. The molecule has 29 heavy (non-hydrogen) atoms. The van der Waals surface area contributed by atoms with Crippen LogP contribution in [-0.4, -0.2) is 42.2 Å². The summed E-state index contributed by atoms with van der Waals surface area (Å²) in [5.74, 6) is -0.794. The predicted molar refractivity (Wildman–Crippen MR) is 115 cm³/mol. The van der Waals surface area contributed by atoms with E-state index >= 15 is 0 Å². The molecule has 3 rings (SSSR count). The first-order valence-electron chi connectivity index (χ1n) is 9.21. The van der Waals surface area contributed by atoms with Crippen LogP contribution in [0.25, 0.3) is 0 Å². The fraction of sp³-hybridized carbons (Fsp3) is 0.350. The summed E-state index contributed by atoms with van der Waals surface area (Å²) in [6.45, 7) is 2.84. The highest BCUT2D eigenvalue weighted by Gasteiger charge is 2.30. The van der Waals surface area contributed by atoms with Crippen LogP contribution in [0.15, 0.2) is 29.2 Å². The van der Waals surface area contributed by atoms with Gasteiger partial charge in [0.1, 0.15) is 5.00 Å². The third-order valence-corrected chi connectivity index (χ3v) is 6.48. The average Bonchev–Trinajstić information content (AvgIpc) is 3.05. The van der Waals surface area contributed by atoms with Crippen molar-refractivity contribution in [1.29, 1.82) is 0 Å². The number of rotatable bonds is 6. The third kappa shape index (κ3) is 4.91. The van der Waals surface area contributed by atoms with E-state index in [9.17, 15) is 14.4 Å². The molecule has 0 saturated heterocycles. The Labute approximate surface area is 177 Å². The highest BCUT2D eigenvalue weighted by Crippen LogP contribution is 2.37. The molecule has 7 nitrogen and oxygen atoms in total. The van der Waals surface area contributed by atoms with Crippen molar-refractivity contribution in [2.75, 3.05) is 24.7 Å². The molecule has 1 aromatic carbocycles. The molecule has 1 aliphatic heterocycles. The molecule has 2 aromatic rings. The standard InChI is InChI=1S/C20H23N3O4S2/c1-3-27-20(26)23-9-8-14-15(11-23)29-19(17(14)18(21)25)22-16(24)10-12-4-6-13(28-2)7-5-12/h4-7H,3,8-11H2,1-2H3,(H2,21,25)(H,22,24). The zero-order chi connectivity index (χ0) is 21.0. The van der Waals surface area contributed by atoms with Crippen LogP contribution in [0.5, 0.6) is 0 Å².